The number of halogens is 6. The average Bonchev–Trinajstić information content (AvgIpc) is 3.14. The summed E-state index contributed by atoms with van der Waals surface area (Å²) >= 11 is 0. The van der Waals surface area contributed by atoms with Crippen molar-refractivity contribution in [3.63, 3.8) is 0 Å². The molecule has 4 unspecified atom stereocenters. The SMILES string of the molecule is C[C@@H](NC1CC(C2CC(C(F)(F)F)NO2)NCN1)C(=O)N1C[C@H](OC(F)(F)F)[C@@H]1C. The topological polar surface area (TPSA) is 86.9 Å². The highest BCUT2D eigenvalue weighted by atomic mass is 19.4. The zero-order valence-corrected chi connectivity index (χ0v) is 16.3. The first-order valence-corrected chi connectivity index (χ1v) is 9.61. The molecule has 0 bridgehead atoms. The first-order valence-electron chi connectivity index (χ1n) is 9.61. The highest BCUT2D eigenvalue weighted by molar-refractivity contribution is 5.82. The number of nitrogens with one attached hydrogen (secondary N) is 4. The standard InChI is InChI=1S/C16H25F6N5O3/c1-7(14(28)27-5-11(8(27)2)29-16(20,21)22)25-13-3-9(23-6-24-13)10-4-12(26-30-10)15(17,18)19/h7-13,23-26H,3-6H2,1-2H3/t7-,8+,9?,10?,11+,12?,13?/m1/s1. The highest BCUT2D eigenvalue weighted by Gasteiger charge is 2.49. The zero-order valence-electron chi connectivity index (χ0n) is 16.3. The van der Waals surface area contributed by atoms with Gasteiger partial charge in [-0.2, -0.15) is 18.7 Å². The van der Waals surface area contributed by atoms with Gasteiger partial charge in [0.25, 0.3) is 0 Å². The zero-order chi connectivity index (χ0) is 22.3. The van der Waals surface area contributed by atoms with Crippen LogP contribution in [0.3, 0.4) is 0 Å². The smallest absolute Gasteiger partial charge is 0.333 e. The fraction of sp³-hybridized carbons (Fsp3) is 0.938. The Hall–Kier alpha value is -1.19. The third-order valence-electron chi connectivity index (χ3n) is 5.67. The molecule has 0 aromatic carbocycles. The van der Waals surface area contributed by atoms with Crippen LogP contribution < -0.4 is 21.4 Å². The minimum Gasteiger partial charge on any atom is -0.333 e. The number of rotatable bonds is 5. The fourth-order valence-electron chi connectivity index (χ4n) is 3.88. The molecule has 0 aromatic rings. The molecule has 0 radical (unpaired) electrons. The van der Waals surface area contributed by atoms with E-state index >= 15 is 0 Å². The van der Waals surface area contributed by atoms with Crippen molar-refractivity contribution in [3.05, 3.63) is 0 Å². The summed E-state index contributed by atoms with van der Waals surface area (Å²) in [7, 11) is 0. The summed E-state index contributed by atoms with van der Waals surface area (Å²) < 4.78 is 79.3. The summed E-state index contributed by atoms with van der Waals surface area (Å²) in [5.41, 5.74) is 2.01. The van der Waals surface area contributed by atoms with Gasteiger partial charge in [0, 0.05) is 25.7 Å². The number of carbonyl (C=O) groups is 1. The molecular weight excluding hydrogens is 424 g/mol. The normalized spacial score (nSPS) is 36.5. The van der Waals surface area contributed by atoms with Gasteiger partial charge >= 0.3 is 12.5 Å². The van der Waals surface area contributed by atoms with Crippen LogP contribution in [0.4, 0.5) is 26.3 Å². The van der Waals surface area contributed by atoms with Crippen molar-refractivity contribution in [2.45, 2.75) is 81.8 Å². The summed E-state index contributed by atoms with van der Waals surface area (Å²) in [6.45, 7) is 3.19. The summed E-state index contributed by atoms with van der Waals surface area (Å²) in [6, 6.07) is -3.53. The summed E-state index contributed by atoms with van der Waals surface area (Å²) in [4.78, 5) is 18.9. The molecule has 14 heteroatoms. The van der Waals surface area contributed by atoms with E-state index in [4.69, 9.17) is 4.84 Å². The van der Waals surface area contributed by atoms with E-state index in [-0.39, 0.29) is 31.1 Å². The molecule has 0 saturated carbocycles. The van der Waals surface area contributed by atoms with Gasteiger partial charge in [-0.25, -0.2) is 0 Å². The lowest BCUT2D eigenvalue weighted by atomic mass is 9.97. The van der Waals surface area contributed by atoms with Gasteiger partial charge in [0.1, 0.15) is 12.1 Å². The third kappa shape index (κ3) is 5.53. The van der Waals surface area contributed by atoms with E-state index in [1.54, 1.807) is 6.92 Å². The number of hydrogen-bond acceptors (Lipinski definition) is 7. The minimum absolute atomic E-state index is 0.159. The molecule has 3 aliphatic heterocycles. The molecule has 1 amide bonds. The molecule has 8 nitrogen and oxygen atoms in total. The second kappa shape index (κ2) is 8.74. The molecule has 30 heavy (non-hydrogen) atoms. The van der Waals surface area contributed by atoms with Crippen molar-refractivity contribution in [2.24, 2.45) is 0 Å². The molecule has 0 aliphatic carbocycles. The molecule has 3 fully saturated rings. The van der Waals surface area contributed by atoms with E-state index in [2.05, 4.69) is 20.7 Å². The quantitative estimate of drug-likeness (QED) is 0.457. The molecule has 3 saturated heterocycles. The van der Waals surface area contributed by atoms with E-state index in [0.29, 0.717) is 13.1 Å². The van der Waals surface area contributed by atoms with Gasteiger partial charge in [-0.3, -0.25) is 30.3 Å². The lowest BCUT2D eigenvalue weighted by Crippen LogP contribution is -2.67. The molecule has 0 aromatic heterocycles. The molecular formula is C16H25F6N5O3. The molecule has 3 heterocycles. The number of hydrogen-bond donors (Lipinski definition) is 4. The maximum absolute atomic E-state index is 12.8. The maximum atomic E-state index is 12.8. The van der Waals surface area contributed by atoms with Crippen LogP contribution in [-0.2, 0) is 14.4 Å². The predicted octanol–water partition coefficient (Wildman–Crippen LogP) is 0.560. The molecule has 3 aliphatic rings. The van der Waals surface area contributed by atoms with E-state index in [1.807, 2.05) is 5.48 Å². The van der Waals surface area contributed by atoms with Crippen LogP contribution in [-0.4, -0.2) is 79.1 Å². The molecule has 0 spiro atoms. The Kier molecular flexibility index (Phi) is 6.84. The summed E-state index contributed by atoms with van der Waals surface area (Å²) in [5, 5.41) is 9.15. The number of hydroxylamine groups is 1. The van der Waals surface area contributed by atoms with Crippen molar-refractivity contribution >= 4 is 5.91 Å². The van der Waals surface area contributed by atoms with E-state index in [0.717, 1.165) is 0 Å². The van der Waals surface area contributed by atoms with Crippen LogP contribution in [0.1, 0.15) is 26.7 Å². The van der Waals surface area contributed by atoms with Crippen molar-refractivity contribution in [1.82, 2.24) is 26.3 Å². The Morgan fingerprint density at radius 3 is 2.47 bits per heavy atom. The highest BCUT2D eigenvalue weighted by Crippen LogP contribution is 2.31. The number of alkyl halides is 6. The Labute approximate surface area is 168 Å². The van der Waals surface area contributed by atoms with Crippen LogP contribution >= 0.6 is 0 Å². The number of nitrogens with zero attached hydrogens (tertiary/aromatic N) is 1. The first kappa shape index (κ1) is 23.5. The molecule has 4 N–H and O–H groups in total. The lowest BCUT2D eigenvalue weighted by molar-refractivity contribution is -0.359. The summed E-state index contributed by atoms with van der Waals surface area (Å²) in [6.07, 6.45) is -11.2. The second-order valence-corrected chi connectivity index (χ2v) is 7.81. The predicted molar refractivity (Wildman–Crippen MR) is 90.5 cm³/mol. The van der Waals surface area contributed by atoms with Crippen LogP contribution in [0.5, 0.6) is 0 Å². The van der Waals surface area contributed by atoms with Crippen LogP contribution in [0.25, 0.3) is 0 Å². The van der Waals surface area contributed by atoms with Gasteiger partial charge in [-0.15, -0.1) is 13.2 Å². The van der Waals surface area contributed by atoms with E-state index in [1.165, 1.54) is 11.8 Å². The monoisotopic (exact) mass is 449 g/mol. The Morgan fingerprint density at radius 2 is 1.90 bits per heavy atom. The Morgan fingerprint density at radius 1 is 1.20 bits per heavy atom. The fourth-order valence-corrected chi connectivity index (χ4v) is 3.88. The second-order valence-electron chi connectivity index (χ2n) is 7.81. The van der Waals surface area contributed by atoms with Gasteiger partial charge in [0.2, 0.25) is 5.91 Å². The molecule has 7 atom stereocenters. The number of amides is 1. The maximum Gasteiger partial charge on any atom is 0.522 e. The minimum atomic E-state index is -4.76. The van der Waals surface area contributed by atoms with Gasteiger partial charge in [0.05, 0.1) is 24.4 Å². The van der Waals surface area contributed by atoms with Crippen LogP contribution in [0.2, 0.25) is 0 Å². The van der Waals surface area contributed by atoms with Crippen LogP contribution in [0, 0.1) is 0 Å². The Balaban J connectivity index is 1.46. The van der Waals surface area contributed by atoms with Crippen molar-refractivity contribution in [3.8, 4) is 0 Å². The van der Waals surface area contributed by atoms with Crippen molar-refractivity contribution < 1.29 is 40.7 Å². The van der Waals surface area contributed by atoms with Gasteiger partial charge in [-0.1, -0.05) is 0 Å². The third-order valence-corrected chi connectivity index (χ3v) is 5.67. The molecule has 174 valence electrons. The number of ether oxygens (including phenoxy) is 1. The number of carbonyl (C=O) groups excluding carboxylic acids is 1. The van der Waals surface area contributed by atoms with Crippen LogP contribution in [0.15, 0.2) is 0 Å². The van der Waals surface area contributed by atoms with E-state index < -0.39 is 42.9 Å². The Bertz CT molecular complexity index is 621. The van der Waals surface area contributed by atoms with Gasteiger partial charge < -0.3 is 4.90 Å². The number of likely N-dealkylation sites (tertiary alicyclic amines) is 1. The van der Waals surface area contributed by atoms with Crippen molar-refractivity contribution in [1.29, 1.82) is 0 Å². The largest absolute Gasteiger partial charge is 0.522 e. The van der Waals surface area contributed by atoms with Gasteiger partial charge in [0.15, 0.2) is 0 Å². The van der Waals surface area contributed by atoms with Crippen molar-refractivity contribution in [2.75, 3.05) is 13.2 Å². The summed E-state index contributed by atoms with van der Waals surface area (Å²) in [5.74, 6) is -0.377. The van der Waals surface area contributed by atoms with Gasteiger partial charge in [-0.05, 0) is 20.3 Å². The average molecular weight is 449 g/mol. The molecule has 3 rings (SSSR count). The van der Waals surface area contributed by atoms with E-state index in [9.17, 15) is 31.1 Å². The first-order chi connectivity index (χ1) is 13.8. The lowest BCUT2D eigenvalue weighted by Gasteiger charge is -2.47.